The number of nitrogens with zero attached hydrogens (tertiary/aromatic N) is 4. The maximum atomic E-state index is 12.5. The summed E-state index contributed by atoms with van der Waals surface area (Å²) >= 11 is 6.08. The van der Waals surface area contributed by atoms with Crippen LogP contribution in [0.2, 0.25) is 5.02 Å². The summed E-state index contributed by atoms with van der Waals surface area (Å²) < 4.78 is 5.11. The van der Waals surface area contributed by atoms with Gasteiger partial charge in [-0.05, 0) is 25.2 Å². The predicted molar refractivity (Wildman–Crippen MR) is 97.7 cm³/mol. The number of anilines is 2. The fourth-order valence-electron chi connectivity index (χ4n) is 2.62. The number of amides is 1. The van der Waals surface area contributed by atoms with Crippen LogP contribution in [0.4, 0.5) is 11.5 Å². The maximum absolute atomic E-state index is 12.5. The second-order valence-corrected chi connectivity index (χ2v) is 6.26. The minimum absolute atomic E-state index is 0.306. The predicted octanol–water partition coefficient (Wildman–Crippen LogP) is 2.14. The Morgan fingerprint density at radius 1 is 1.20 bits per heavy atom. The zero-order valence-electron chi connectivity index (χ0n) is 14.2. The number of ether oxygens (including phenoxy) is 1. The fraction of sp³-hybridized carbons (Fsp3) is 0.353. The monoisotopic (exact) mass is 361 g/mol. The Balaban J connectivity index is 1.72. The van der Waals surface area contributed by atoms with Crippen LogP contribution >= 0.6 is 11.6 Å². The van der Waals surface area contributed by atoms with Crippen molar-refractivity contribution in [2.24, 2.45) is 0 Å². The van der Waals surface area contributed by atoms with Gasteiger partial charge in [0.15, 0.2) is 0 Å². The molecule has 1 aromatic carbocycles. The van der Waals surface area contributed by atoms with Crippen LogP contribution in [0.25, 0.3) is 0 Å². The quantitative estimate of drug-likeness (QED) is 0.899. The van der Waals surface area contributed by atoms with E-state index >= 15 is 0 Å². The normalized spacial score (nSPS) is 15.1. The highest BCUT2D eigenvalue weighted by Gasteiger charge is 2.17. The summed E-state index contributed by atoms with van der Waals surface area (Å²) in [4.78, 5) is 25.3. The number of rotatable bonds is 4. The summed E-state index contributed by atoms with van der Waals surface area (Å²) in [5.74, 6) is 1.01. The van der Waals surface area contributed by atoms with Gasteiger partial charge in [0.2, 0.25) is 0 Å². The molecule has 1 fully saturated rings. The molecule has 2 aromatic rings. The lowest BCUT2D eigenvalue weighted by atomic mass is 10.2. The Labute approximate surface area is 151 Å². The third kappa shape index (κ3) is 4.18. The van der Waals surface area contributed by atoms with Crippen LogP contribution in [0.5, 0.6) is 5.75 Å². The second-order valence-electron chi connectivity index (χ2n) is 5.86. The number of hydrogen-bond donors (Lipinski definition) is 1. The Bertz CT molecular complexity index is 762. The summed E-state index contributed by atoms with van der Waals surface area (Å²) in [5.41, 5.74) is 0.895. The Morgan fingerprint density at radius 3 is 2.64 bits per heavy atom. The SMILES string of the molecule is COc1ccc(NC(=O)c2cc(N3CCN(C)CC3)ncn2)cc1Cl. The minimum Gasteiger partial charge on any atom is -0.495 e. The van der Waals surface area contributed by atoms with E-state index in [1.807, 2.05) is 0 Å². The molecule has 1 amide bonds. The zero-order chi connectivity index (χ0) is 17.8. The first kappa shape index (κ1) is 17.4. The molecule has 0 unspecified atom stereocenters. The highest BCUT2D eigenvalue weighted by Crippen LogP contribution is 2.27. The first-order valence-corrected chi connectivity index (χ1v) is 8.35. The highest BCUT2D eigenvalue weighted by atomic mass is 35.5. The molecule has 132 valence electrons. The first-order valence-electron chi connectivity index (χ1n) is 7.97. The van der Waals surface area contributed by atoms with Crippen molar-refractivity contribution in [3.05, 3.63) is 41.3 Å². The number of carbonyl (C=O) groups excluding carboxylic acids is 1. The van der Waals surface area contributed by atoms with Crippen molar-refractivity contribution in [2.75, 3.05) is 50.6 Å². The zero-order valence-corrected chi connectivity index (χ0v) is 15.0. The molecule has 1 saturated heterocycles. The number of aromatic nitrogens is 2. The Hall–Kier alpha value is -2.38. The van der Waals surface area contributed by atoms with Crippen LogP contribution in [-0.4, -0.2) is 61.1 Å². The molecule has 3 rings (SSSR count). The Kier molecular flexibility index (Phi) is 5.35. The number of piperazine rings is 1. The molecule has 0 aliphatic carbocycles. The van der Waals surface area contributed by atoms with E-state index in [9.17, 15) is 4.79 Å². The van der Waals surface area contributed by atoms with Crippen LogP contribution in [-0.2, 0) is 0 Å². The van der Waals surface area contributed by atoms with Gasteiger partial charge in [-0.15, -0.1) is 0 Å². The molecule has 1 N–H and O–H groups in total. The lowest BCUT2D eigenvalue weighted by Crippen LogP contribution is -2.44. The van der Waals surface area contributed by atoms with Gasteiger partial charge in [0.05, 0.1) is 12.1 Å². The van der Waals surface area contributed by atoms with Gasteiger partial charge in [-0.2, -0.15) is 0 Å². The number of likely N-dealkylation sites (N-methyl/N-ethyl adjacent to an activating group) is 1. The van der Waals surface area contributed by atoms with Crippen molar-refractivity contribution in [1.82, 2.24) is 14.9 Å². The van der Waals surface area contributed by atoms with Gasteiger partial charge in [0.1, 0.15) is 23.6 Å². The third-order valence-corrected chi connectivity index (χ3v) is 4.42. The molecule has 0 radical (unpaired) electrons. The van der Waals surface area contributed by atoms with E-state index < -0.39 is 0 Å². The molecule has 1 aromatic heterocycles. The van der Waals surface area contributed by atoms with Crippen molar-refractivity contribution in [2.45, 2.75) is 0 Å². The van der Waals surface area contributed by atoms with Crippen molar-refractivity contribution >= 4 is 29.0 Å². The van der Waals surface area contributed by atoms with Crippen LogP contribution < -0.4 is 15.0 Å². The molecule has 1 aliphatic rings. The topological polar surface area (TPSA) is 70.6 Å². The van der Waals surface area contributed by atoms with Crippen LogP contribution in [0, 0.1) is 0 Å². The first-order chi connectivity index (χ1) is 12.1. The van der Waals surface area contributed by atoms with Gasteiger partial charge in [0, 0.05) is 37.9 Å². The van der Waals surface area contributed by atoms with Gasteiger partial charge in [-0.1, -0.05) is 11.6 Å². The molecular weight excluding hydrogens is 342 g/mol. The molecule has 7 nitrogen and oxygen atoms in total. The number of hydrogen-bond acceptors (Lipinski definition) is 6. The van der Waals surface area contributed by atoms with Crippen molar-refractivity contribution in [1.29, 1.82) is 0 Å². The molecule has 1 aliphatic heterocycles. The van der Waals surface area contributed by atoms with Crippen LogP contribution in [0.3, 0.4) is 0 Å². The van der Waals surface area contributed by atoms with E-state index in [4.69, 9.17) is 16.3 Å². The standard InChI is InChI=1S/C17H20ClN5O2/c1-22-5-7-23(8-6-22)16-10-14(19-11-20-16)17(24)21-12-3-4-15(25-2)13(18)9-12/h3-4,9-11H,5-8H2,1-2H3,(H,21,24). The number of carbonyl (C=O) groups is 1. The molecule has 0 bridgehead atoms. The number of benzene rings is 1. The van der Waals surface area contributed by atoms with Gasteiger partial charge in [0.25, 0.3) is 5.91 Å². The smallest absolute Gasteiger partial charge is 0.274 e. The lowest BCUT2D eigenvalue weighted by molar-refractivity contribution is 0.102. The average molecular weight is 362 g/mol. The summed E-state index contributed by atoms with van der Waals surface area (Å²) in [6.07, 6.45) is 1.42. The minimum atomic E-state index is -0.306. The second kappa shape index (κ2) is 7.67. The summed E-state index contributed by atoms with van der Waals surface area (Å²) in [5, 5.41) is 3.22. The van der Waals surface area contributed by atoms with E-state index in [0.717, 1.165) is 32.0 Å². The van der Waals surface area contributed by atoms with E-state index in [1.165, 1.54) is 6.33 Å². The van der Waals surface area contributed by atoms with Crippen molar-refractivity contribution in [3.8, 4) is 5.75 Å². The molecule has 2 heterocycles. The third-order valence-electron chi connectivity index (χ3n) is 4.12. The van der Waals surface area contributed by atoms with E-state index in [1.54, 1.807) is 31.4 Å². The summed E-state index contributed by atoms with van der Waals surface area (Å²) in [6.45, 7) is 3.69. The number of halogens is 1. The number of nitrogens with one attached hydrogen (secondary N) is 1. The molecule has 0 atom stereocenters. The van der Waals surface area contributed by atoms with E-state index in [0.29, 0.717) is 22.2 Å². The molecule has 0 saturated carbocycles. The maximum Gasteiger partial charge on any atom is 0.274 e. The fourth-order valence-corrected chi connectivity index (χ4v) is 2.88. The molecule has 8 heteroatoms. The van der Waals surface area contributed by atoms with Crippen molar-refractivity contribution in [3.63, 3.8) is 0 Å². The number of methoxy groups -OCH3 is 1. The van der Waals surface area contributed by atoms with Gasteiger partial charge in [-0.3, -0.25) is 4.79 Å². The highest BCUT2D eigenvalue weighted by molar-refractivity contribution is 6.32. The average Bonchev–Trinajstić information content (AvgIpc) is 2.62. The Morgan fingerprint density at radius 2 is 1.96 bits per heavy atom. The van der Waals surface area contributed by atoms with Crippen LogP contribution in [0.15, 0.2) is 30.6 Å². The molecular formula is C17H20ClN5O2. The van der Waals surface area contributed by atoms with Crippen LogP contribution in [0.1, 0.15) is 10.5 Å². The van der Waals surface area contributed by atoms with E-state index in [-0.39, 0.29) is 5.91 Å². The van der Waals surface area contributed by atoms with Gasteiger partial charge in [-0.25, -0.2) is 9.97 Å². The van der Waals surface area contributed by atoms with Crippen molar-refractivity contribution < 1.29 is 9.53 Å². The molecule has 25 heavy (non-hydrogen) atoms. The van der Waals surface area contributed by atoms with E-state index in [2.05, 4.69) is 32.1 Å². The molecule has 0 spiro atoms. The lowest BCUT2D eigenvalue weighted by Gasteiger charge is -2.33. The largest absolute Gasteiger partial charge is 0.495 e. The summed E-state index contributed by atoms with van der Waals surface area (Å²) in [6, 6.07) is 6.78. The van der Waals surface area contributed by atoms with Gasteiger partial charge >= 0.3 is 0 Å². The summed E-state index contributed by atoms with van der Waals surface area (Å²) in [7, 11) is 3.64. The van der Waals surface area contributed by atoms with Gasteiger partial charge < -0.3 is 19.9 Å².